The zero-order chi connectivity index (χ0) is 16.2. The summed E-state index contributed by atoms with van der Waals surface area (Å²) in [5.41, 5.74) is 2.22. The molecule has 23 heavy (non-hydrogen) atoms. The minimum atomic E-state index is -0.800. The van der Waals surface area contributed by atoms with E-state index in [-0.39, 0.29) is 18.2 Å². The fraction of sp³-hybridized carbons (Fsp3) is 0.235. The number of aromatic nitrogens is 1. The van der Waals surface area contributed by atoms with Gasteiger partial charge in [-0.1, -0.05) is 24.3 Å². The van der Waals surface area contributed by atoms with Crippen molar-refractivity contribution in [2.24, 2.45) is 0 Å². The number of nitrogens with zero attached hydrogens (tertiary/aromatic N) is 2. The molecule has 0 aliphatic carbocycles. The predicted octanol–water partition coefficient (Wildman–Crippen LogP) is 1.06. The van der Waals surface area contributed by atoms with Gasteiger partial charge in [0.1, 0.15) is 0 Å². The van der Waals surface area contributed by atoms with Gasteiger partial charge in [-0.15, -0.1) is 0 Å². The molecule has 2 aromatic rings. The normalized spacial score (nSPS) is 13.3. The van der Waals surface area contributed by atoms with E-state index in [1.165, 1.54) is 23.9 Å². The zero-order valence-electron chi connectivity index (χ0n) is 12.5. The first-order valence-corrected chi connectivity index (χ1v) is 7.35. The number of carbonyl (C=O) groups is 2. The highest BCUT2D eigenvalue weighted by molar-refractivity contribution is 5.88. The number of pyridine rings is 1. The number of benzene rings is 1. The molecule has 2 heterocycles. The van der Waals surface area contributed by atoms with E-state index in [0.717, 1.165) is 12.0 Å². The Bertz CT molecular complexity index is 745. The Kier molecular flexibility index (Phi) is 4.23. The van der Waals surface area contributed by atoms with E-state index in [9.17, 15) is 14.8 Å². The van der Waals surface area contributed by atoms with Crippen molar-refractivity contribution in [2.45, 2.75) is 13.0 Å². The minimum Gasteiger partial charge on any atom is -0.618 e. The lowest BCUT2D eigenvalue weighted by Gasteiger charge is -2.28. The second kappa shape index (κ2) is 6.48. The van der Waals surface area contributed by atoms with Crippen molar-refractivity contribution >= 4 is 11.9 Å². The van der Waals surface area contributed by atoms with E-state index in [4.69, 9.17) is 4.74 Å². The van der Waals surface area contributed by atoms with Crippen LogP contribution in [-0.4, -0.2) is 29.9 Å². The Morgan fingerprint density at radius 3 is 2.65 bits per heavy atom. The third kappa shape index (κ3) is 3.31. The molecule has 0 unspecified atom stereocenters. The molecule has 0 spiro atoms. The van der Waals surface area contributed by atoms with Crippen molar-refractivity contribution in [1.29, 1.82) is 0 Å². The molecule has 6 heteroatoms. The van der Waals surface area contributed by atoms with Crippen LogP contribution in [0.5, 0.6) is 0 Å². The molecule has 0 N–H and O–H groups in total. The Morgan fingerprint density at radius 2 is 1.87 bits per heavy atom. The Morgan fingerprint density at radius 1 is 1.13 bits per heavy atom. The lowest BCUT2D eigenvalue weighted by Crippen LogP contribution is -2.40. The van der Waals surface area contributed by atoms with Crippen molar-refractivity contribution < 1.29 is 19.1 Å². The van der Waals surface area contributed by atoms with Crippen molar-refractivity contribution in [3.63, 3.8) is 0 Å². The van der Waals surface area contributed by atoms with Crippen LogP contribution >= 0.6 is 0 Å². The summed E-state index contributed by atoms with van der Waals surface area (Å²) in [5, 5.41) is 11.5. The monoisotopic (exact) mass is 312 g/mol. The Hall–Kier alpha value is -2.89. The number of fused-ring (bicyclic) bond motifs is 1. The van der Waals surface area contributed by atoms with Gasteiger partial charge in [-0.05, 0) is 23.6 Å². The number of hydrogen-bond acceptors (Lipinski definition) is 4. The largest absolute Gasteiger partial charge is 0.618 e. The van der Waals surface area contributed by atoms with E-state index in [2.05, 4.69) is 6.07 Å². The summed E-state index contributed by atoms with van der Waals surface area (Å²) in [7, 11) is 0. The summed E-state index contributed by atoms with van der Waals surface area (Å²) in [6, 6.07) is 12.4. The molecule has 0 fully saturated rings. The molecule has 1 amide bonds. The number of hydrogen-bond donors (Lipinski definition) is 0. The maximum absolute atomic E-state index is 12.2. The molecular weight excluding hydrogens is 296 g/mol. The summed E-state index contributed by atoms with van der Waals surface area (Å²) < 4.78 is 5.38. The van der Waals surface area contributed by atoms with Gasteiger partial charge in [-0.2, -0.15) is 4.73 Å². The van der Waals surface area contributed by atoms with Gasteiger partial charge in [-0.25, -0.2) is 4.79 Å². The van der Waals surface area contributed by atoms with Crippen LogP contribution < -0.4 is 4.73 Å². The number of ether oxygens (including phenoxy) is 1. The number of rotatable bonds is 3. The molecule has 118 valence electrons. The highest BCUT2D eigenvalue weighted by atomic mass is 16.5. The zero-order valence-corrected chi connectivity index (χ0v) is 12.5. The average molecular weight is 312 g/mol. The number of esters is 1. The summed E-state index contributed by atoms with van der Waals surface area (Å²) in [5.74, 6) is -1.06. The first-order valence-electron chi connectivity index (χ1n) is 7.35. The van der Waals surface area contributed by atoms with Crippen LogP contribution in [0.15, 0.2) is 48.7 Å². The maximum Gasteiger partial charge on any atom is 0.405 e. The molecule has 1 aromatic heterocycles. The van der Waals surface area contributed by atoms with Crippen LogP contribution in [0.25, 0.3) is 0 Å². The van der Waals surface area contributed by atoms with Gasteiger partial charge in [0.2, 0.25) is 0 Å². The van der Waals surface area contributed by atoms with E-state index < -0.39 is 5.97 Å². The van der Waals surface area contributed by atoms with Gasteiger partial charge in [0, 0.05) is 25.2 Å². The Balaban J connectivity index is 1.58. The highest BCUT2D eigenvalue weighted by Crippen LogP contribution is 2.18. The smallest absolute Gasteiger partial charge is 0.405 e. The minimum absolute atomic E-state index is 0.135. The molecule has 0 radical (unpaired) electrons. The second-order valence-corrected chi connectivity index (χ2v) is 5.32. The fourth-order valence-electron chi connectivity index (χ4n) is 2.59. The molecule has 0 saturated heterocycles. The molecular formula is C17H16N2O4. The lowest BCUT2D eigenvalue weighted by molar-refractivity contribution is -0.608. The number of carbonyl (C=O) groups excluding carboxylic acids is 2. The number of amides is 1. The predicted molar refractivity (Wildman–Crippen MR) is 81.2 cm³/mol. The van der Waals surface area contributed by atoms with Gasteiger partial charge >= 0.3 is 11.7 Å². The molecule has 1 aliphatic rings. The SMILES string of the molecule is O=C(OCC(=O)N1CCc2ccccc2C1)c1cccc[n+]1[O-]. The molecule has 0 atom stereocenters. The van der Waals surface area contributed by atoms with Crippen LogP contribution in [0, 0.1) is 5.21 Å². The highest BCUT2D eigenvalue weighted by Gasteiger charge is 2.23. The van der Waals surface area contributed by atoms with E-state index >= 15 is 0 Å². The molecule has 0 saturated carbocycles. The first kappa shape index (κ1) is 15.0. The molecule has 6 nitrogen and oxygen atoms in total. The van der Waals surface area contributed by atoms with Crippen molar-refractivity contribution in [3.05, 3.63) is 70.7 Å². The van der Waals surface area contributed by atoms with Gasteiger partial charge in [-0.3, -0.25) is 4.79 Å². The van der Waals surface area contributed by atoms with Gasteiger partial charge in [0.15, 0.2) is 12.8 Å². The second-order valence-electron chi connectivity index (χ2n) is 5.32. The Labute approximate surface area is 133 Å². The van der Waals surface area contributed by atoms with Gasteiger partial charge in [0.25, 0.3) is 5.91 Å². The molecule has 1 aromatic carbocycles. The van der Waals surface area contributed by atoms with E-state index in [0.29, 0.717) is 17.8 Å². The molecule has 1 aliphatic heterocycles. The quantitative estimate of drug-likeness (QED) is 0.482. The van der Waals surface area contributed by atoms with E-state index in [1.54, 1.807) is 11.0 Å². The van der Waals surface area contributed by atoms with Gasteiger partial charge < -0.3 is 14.8 Å². The summed E-state index contributed by atoms with van der Waals surface area (Å²) in [4.78, 5) is 25.7. The average Bonchev–Trinajstić information content (AvgIpc) is 2.59. The van der Waals surface area contributed by atoms with Crippen LogP contribution in [0.2, 0.25) is 0 Å². The topological polar surface area (TPSA) is 73.6 Å². The third-order valence-electron chi connectivity index (χ3n) is 3.84. The maximum atomic E-state index is 12.2. The fourth-order valence-corrected chi connectivity index (χ4v) is 2.59. The third-order valence-corrected chi connectivity index (χ3v) is 3.84. The summed E-state index contributed by atoms with van der Waals surface area (Å²) >= 11 is 0. The van der Waals surface area contributed by atoms with Crippen molar-refractivity contribution in [2.75, 3.05) is 13.2 Å². The standard InChI is InChI=1S/C17H16N2O4/c20-16(12-23-17(21)15-7-3-4-9-19(15)22)18-10-8-13-5-1-2-6-14(13)11-18/h1-7,9H,8,10-12H2. The molecule has 0 bridgehead atoms. The molecule has 3 rings (SSSR count). The van der Waals surface area contributed by atoms with Gasteiger partial charge in [0.05, 0.1) is 0 Å². The van der Waals surface area contributed by atoms with E-state index in [1.807, 2.05) is 18.2 Å². The first-order chi connectivity index (χ1) is 11.1. The summed E-state index contributed by atoms with van der Waals surface area (Å²) in [6.45, 7) is 0.746. The van der Waals surface area contributed by atoms with Crippen LogP contribution in [0.1, 0.15) is 21.6 Å². The summed E-state index contributed by atoms with van der Waals surface area (Å²) in [6.07, 6.45) is 2.00. The van der Waals surface area contributed by atoms with Crippen molar-refractivity contribution in [1.82, 2.24) is 4.90 Å². The van der Waals surface area contributed by atoms with Crippen LogP contribution in [-0.2, 0) is 22.5 Å². The van der Waals surface area contributed by atoms with Crippen LogP contribution in [0.3, 0.4) is 0 Å². The van der Waals surface area contributed by atoms with Crippen molar-refractivity contribution in [3.8, 4) is 0 Å². The lowest BCUT2D eigenvalue weighted by atomic mass is 10.00. The van der Waals surface area contributed by atoms with Crippen LogP contribution in [0.4, 0.5) is 0 Å².